The Morgan fingerprint density at radius 3 is 2.89 bits per heavy atom. The summed E-state index contributed by atoms with van der Waals surface area (Å²) in [5.41, 5.74) is 0.336. The first kappa shape index (κ1) is 22.1. The van der Waals surface area contributed by atoms with E-state index in [1.54, 1.807) is 18.2 Å². The van der Waals surface area contributed by atoms with Gasteiger partial charge >= 0.3 is 5.97 Å². The third kappa shape index (κ3) is 6.43. The summed E-state index contributed by atoms with van der Waals surface area (Å²) in [6, 6.07) is 5.55. The largest absolute Gasteiger partial charge is 0.463 e. The summed E-state index contributed by atoms with van der Waals surface area (Å²) in [6.45, 7) is 3.47. The zero-order chi connectivity index (χ0) is 20.5. The van der Waals surface area contributed by atoms with Crippen LogP contribution in [0.15, 0.2) is 24.3 Å². The summed E-state index contributed by atoms with van der Waals surface area (Å²) in [7, 11) is 0. The van der Waals surface area contributed by atoms with Crippen molar-refractivity contribution in [3.05, 3.63) is 34.9 Å². The zero-order valence-electron chi connectivity index (χ0n) is 15.4. The number of piperazine rings is 1. The first-order chi connectivity index (χ1) is 13.4. The SMILES string of the molecule is CCOCCOC(=O)CC1C(=O)NCCN1C(=S)NC(=O)c1cccc(Cl)c1. The van der Waals surface area contributed by atoms with Gasteiger partial charge in [0, 0.05) is 30.3 Å². The lowest BCUT2D eigenvalue weighted by Gasteiger charge is -2.36. The first-order valence-electron chi connectivity index (χ1n) is 8.81. The summed E-state index contributed by atoms with van der Waals surface area (Å²) in [4.78, 5) is 38.2. The van der Waals surface area contributed by atoms with E-state index in [2.05, 4.69) is 10.6 Å². The minimum Gasteiger partial charge on any atom is -0.463 e. The maximum absolute atomic E-state index is 12.4. The summed E-state index contributed by atoms with van der Waals surface area (Å²) in [6.07, 6.45) is -0.189. The molecule has 0 spiro atoms. The lowest BCUT2D eigenvalue weighted by molar-refractivity contribution is -0.148. The molecule has 0 bridgehead atoms. The molecule has 0 saturated carbocycles. The van der Waals surface area contributed by atoms with Crippen molar-refractivity contribution in [2.24, 2.45) is 0 Å². The summed E-state index contributed by atoms with van der Waals surface area (Å²) in [5, 5.41) is 5.75. The molecule has 0 aliphatic carbocycles. The number of hydrogen-bond donors (Lipinski definition) is 2. The molecule has 1 saturated heterocycles. The first-order valence-corrected chi connectivity index (χ1v) is 9.59. The van der Waals surface area contributed by atoms with Crippen molar-refractivity contribution in [3.8, 4) is 0 Å². The number of amides is 2. The van der Waals surface area contributed by atoms with Gasteiger partial charge in [-0.2, -0.15) is 0 Å². The van der Waals surface area contributed by atoms with Crippen LogP contribution in [0.5, 0.6) is 0 Å². The number of benzene rings is 1. The smallest absolute Gasteiger partial charge is 0.308 e. The van der Waals surface area contributed by atoms with Crippen LogP contribution in [0.3, 0.4) is 0 Å². The van der Waals surface area contributed by atoms with Crippen LogP contribution in [0.25, 0.3) is 0 Å². The topological polar surface area (TPSA) is 97.0 Å². The van der Waals surface area contributed by atoms with E-state index in [0.717, 1.165) is 0 Å². The number of rotatable bonds is 7. The van der Waals surface area contributed by atoms with Crippen molar-refractivity contribution in [1.82, 2.24) is 15.5 Å². The van der Waals surface area contributed by atoms with Gasteiger partial charge in [0.25, 0.3) is 5.91 Å². The monoisotopic (exact) mass is 427 g/mol. The van der Waals surface area contributed by atoms with E-state index < -0.39 is 17.9 Å². The number of thiocarbonyl (C=S) groups is 1. The van der Waals surface area contributed by atoms with Crippen molar-refractivity contribution in [2.45, 2.75) is 19.4 Å². The minimum atomic E-state index is -0.861. The molecule has 1 aromatic carbocycles. The molecule has 28 heavy (non-hydrogen) atoms. The van der Waals surface area contributed by atoms with E-state index in [1.807, 2.05) is 6.92 Å². The van der Waals surface area contributed by atoms with E-state index in [0.29, 0.717) is 30.3 Å². The highest BCUT2D eigenvalue weighted by molar-refractivity contribution is 7.80. The van der Waals surface area contributed by atoms with Gasteiger partial charge in [0.15, 0.2) is 5.11 Å². The van der Waals surface area contributed by atoms with Crippen LogP contribution in [-0.2, 0) is 19.1 Å². The molecule has 2 rings (SSSR count). The Morgan fingerprint density at radius 1 is 1.39 bits per heavy atom. The molecule has 1 aliphatic rings. The van der Waals surface area contributed by atoms with Crippen molar-refractivity contribution >= 4 is 46.7 Å². The molecule has 1 aliphatic heterocycles. The lowest BCUT2D eigenvalue weighted by atomic mass is 10.1. The molecule has 8 nitrogen and oxygen atoms in total. The maximum Gasteiger partial charge on any atom is 0.308 e. The molecule has 1 aromatic rings. The quantitative estimate of drug-likeness (QED) is 0.382. The standard InChI is InChI=1S/C18H22ClN3O5S/c1-2-26-8-9-27-15(23)11-14-17(25)20-6-7-22(14)18(28)21-16(24)12-4-3-5-13(19)10-12/h3-5,10,14H,2,6-9,11H2,1H3,(H,20,25)(H,21,24,28). The lowest BCUT2D eigenvalue weighted by Crippen LogP contribution is -2.60. The van der Waals surface area contributed by atoms with Crippen molar-refractivity contribution in [2.75, 3.05) is 32.9 Å². The van der Waals surface area contributed by atoms with E-state index in [-0.39, 0.29) is 30.7 Å². The molecule has 1 fully saturated rings. The number of halogens is 1. The van der Waals surface area contributed by atoms with E-state index >= 15 is 0 Å². The molecule has 0 radical (unpaired) electrons. The number of nitrogens with zero attached hydrogens (tertiary/aromatic N) is 1. The highest BCUT2D eigenvalue weighted by atomic mass is 35.5. The van der Waals surface area contributed by atoms with E-state index in [1.165, 1.54) is 11.0 Å². The highest BCUT2D eigenvalue weighted by Crippen LogP contribution is 2.13. The van der Waals surface area contributed by atoms with Crippen LogP contribution in [0.1, 0.15) is 23.7 Å². The number of carbonyl (C=O) groups is 3. The molecule has 0 aromatic heterocycles. The van der Waals surface area contributed by atoms with Gasteiger partial charge in [-0.15, -0.1) is 0 Å². The number of hydrogen-bond acceptors (Lipinski definition) is 6. The van der Waals surface area contributed by atoms with Gasteiger partial charge in [0.1, 0.15) is 12.6 Å². The predicted octanol–water partition coefficient (Wildman–Crippen LogP) is 1.12. The van der Waals surface area contributed by atoms with Gasteiger partial charge in [-0.25, -0.2) is 0 Å². The molecule has 2 N–H and O–H groups in total. The summed E-state index contributed by atoms with van der Waals surface area (Å²) in [5.74, 6) is -1.35. The second-order valence-corrected chi connectivity index (χ2v) is 6.71. The van der Waals surface area contributed by atoms with Gasteiger partial charge in [0.05, 0.1) is 13.0 Å². The molecule has 1 atom stereocenters. The summed E-state index contributed by atoms with van der Waals surface area (Å²) < 4.78 is 10.2. The number of carbonyl (C=O) groups excluding carboxylic acids is 3. The van der Waals surface area contributed by atoms with Gasteiger partial charge < -0.3 is 19.7 Å². The fraction of sp³-hybridized carbons (Fsp3) is 0.444. The Labute approximate surface area is 173 Å². The minimum absolute atomic E-state index is 0.0620. The second kappa shape index (κ2) is 10.9. The van der Waals surface area contributed by atoms with E-state index in [9.17, 15) is 14.4 Å². The van der Waals surface area contributed by atoms with Crippen LogP contribution in [0.4, 0.5) is 0 Å². The fourth-order valence-corrected chi connectivity index (χ4v) is 3.11. The Kier molecular flexibility index (Phi) is 8.62. The van der Waals surface area contributed by atoms with Gasteiger partial charge in [-0.1, -0.05) is 17.7 Å². The fourth-order valence-electron chi connectivity index (χ4n) is 2.61. The highest BCUT2D eigenvalue weighted by Gasteiger charge is 2.34. The Hall–Kier alpha value is -2.23. The van der Waals surface area contributed by atoms with Crippen molar-refractivity contribution in [1.29, 1.82) is 0 Å². The molecule has 152 valence electrons. The Bertz CT molecular complexity index is 746. The maximum atomic E-state index is 12.4. The number of nitrogens with one attached hydrogen (secondary N) is 2. The third-order valence-corrected chi connectivity index (χ3v) is 4.53. The molecule has 2 amide bonds. The van der Waals surface area contributed by atoms with Crippen LogP contribution in [0, 0.1) is 0 Å². The molecule has 10 heteroatoms. The van der Waals surface area contributed by atoms with Crippen LogP contribution < -0.4 is 10.6 Å². The summed E-state index contributed by atoms with van der Waals surface area (Å²) >= 11 is 11.2. The normalized spacial score (nSPS) is 16.3. The van der Waals surface area contributed by atoms with Gasteiger partial charge in [-0.3, -0.25) is 19.7 Å². The van der Waals surface area contributed by atoms with Gasteiger partial charge in [-0.05, 0) is 37.3 Å². The second-order valence-electron chi connectivity index (χ2n) is 5.89. The molecular formula is C18H22ClN3O5S. The third-order valence-electron chi connectivity index (χ3n) is 3.95. The van der Waals surface area contributed by atoms with Gasteiger partial charge in [0.2, 0.25) is 5.91 Å². The predicted molar refractivity (Wildman–Crippen MR) is 107 cm³/mol. The van der Waals surface area contributed by atoms with E-state index in [4.69, 9.17) is 33.3 Å². The van der Waals surface area contributed by atoms with Crippen LogP contribution in [0.2, 0.25) is 5.02 Å². The average Bonchev–Trinajstić information content (AvgIpc) is 2.66. The van der Waals surface area contributed by atoms with Crippen LogP contribution in [-0.4, -0.2) is 66.7 Å². The average molecular weight is 428 g/mol. The van der Waals surface area contributed by atoms with Crippen molar-refractivity contribution < 1.29 is 23.9 Å². The molecule has 1 heterocycles. The molecule has 1 unspecified atom stereocenters. The molecular weight excluding hydrogens is 406 g/mol. The number of esters is 1. The number of ether oxygens (including phenoxy) is 2. The Morgan fingerprint density at radius 2 is 2.18 bits per heavy atom. The van der Waals surface area contributed by atoms with Crippen molar-refractivity contribution in [3.63, 3.8) is 0 Å². The Balaban J connectivity index is 1.98. The van der Waals surface area contributed by atoms with Crippen LogP contribution >= 0.6 is 23.8 Å². The zero-order valence-corrected chi connectivity index (χ0v) is 17.0.